The lowest BCUT2D eigenvalue weighted by atomic mass is 10.1. The van der Waals surface area contributed by atoms with E-state index in [0.717, 1.165) is 10.0 Å². The maximum atomic E-state index is 13.3. The lowest BCUT2D eigenvalue weighted by Crippen LogP contribution is -2.30. The first kappa shape index (κ1) is 20.7. The molecule has 0 bridgehead atoms. The van der Waals surface area contributed by atoms with E-state index in [2.05, 4.69) is 31.4 Å². The average Bonchev–Trinajstić information content (AvgIpc) is 3.23. The third-order valence-electron chi connectivity index (χ3n) is 4.83. The first-order chi connectivity index (χ1) is 14.9. The standard InChI is InChI=1S/C23H19BrN4O3/c1-14-12-15(2)28(13-19(29)25-18-11-7-6-10-17(18)24)23(30)20(14)22-26-21(27-31-22)16-8-4-3-5-9-16/h3-12H,13H2,1-2H3,(H,25,29). The van der Waals surface area contributed by atoms with Crippen LogP contribution in [-0.2, 0) is 11.3 Å². The summed E-state index contributed by atoms with van der Waals surface area (Å²) in [6, 6.07) is 18.5. The smallest absolute Gasteiger partial charge is 0.264 e. The normalized spacial score (nSPS) is 10.8. The van der Waals surface area contributed by atoms with E-state index in [1.165, 1.54) is 4.57 Å². The molecule has 1 N–H and O–H groups in total. The summed E-state index contributed by atoms with van der Waals surface area (Å²) in [6.45, 7) is 3.45. The van der Waals surface area contributed by atoms with Crippen LogP contribution in [-0.4, -0.2) is 20.6 Å². The largest absolute Gasteiger partial charge is 0.333 e. The molecule has 0 aliphatic rings. The van der Waals surface area contributed by atoms with Crippen LogP contribution in [0, 0.1) is 13.8 Å². The molecule has 1 amide bonds. The number of aromatic nitrogens is 3. The van der Waals surface area contributed by atoms with Gasteiger partial charge in [-0.15, -0.1) is 0 Å². The number of para-hydroxylation sites is 1. The van der Waals surface area contributed by atoms with E-state index in [1.807, 2.05) is 61.5 Å². The fourth-order valence-electron chi connectivity index (χ4n) is 3.31. The molecule has 8 heteroatoms. The van der Waals surface area contributed by atoms with Gasteiger partial charge in [-0.3, -0.25) is 9.59 Å². The van der Waals surface area contributed by atoms with Crippen molar-refractivity contribution in [3.8, 4) is 22.8 Å². The van der Waals surface area contributed by atoms with Crippen molar-refractivity contribution in [3.05, 3.63) is 86.7 Å². The first-order valence-corrected chi connectivity index (χ1v) is 10.4. The molecule has 0 aliphatic heterocycles. The highest BCUT2D eigenvalue weighted by Gasteiger charge is 2.20. The summed E-state index contributed by atoms with van der Waals surface area (Å²) in [7, 11) is 0. The number of halogens is 1. The molecule has 7 nitrogen and oxygen atoms in total. The van der Waals surface area contributed by atoms with Crippen LogP contribution in [0.25, 0.3) is 22.8 Å². The summed E-state index contributed by atoms with van der Waals surface area (Å²) in [5, 5.41) is 6.82. The van der Waals surface area contributed by atoms with Crippen molar-refractivity contribution in [2.75, 3.05) is 5.32 Å². The van der Waals surface area contributed by atoms with E-state index < -0.39 is 0 Å². The molecule has 0 saturated carbocycles. The molecule has 0 atom stereocenters. The Balaban J connectivity index is 1.66. The van der Waals surface area contributed by atoms with Crippen LogP contribution < -0.4 is 10.9 Å². The summed E-state index contributed by atoms with van der Waals surface area (Å²) < 4.78 is 7.56. The third-order valence-corrected chi connectivity index (χ3v) is 5.52. The summed E-state index contributed by atoms with van der Waals surface area (Å²) in [5.74, 6) is 0.205. The van der Waals surface area contributed by atoms with Gasteiger partial charge in [-0.25, -0.2) is 0 Å². The number of nitrogens with one attached hydrogen (secondary N) is 1. The van der Waals surface area contributed by atoms with Crippen molar-refractivity contribution in [1.29, 1.82) is 0 Å². The molecular weight excluding hydrogens is 460 g/mol. The maximum Gasteiger partial charge on any atom is 0.264 e. The van der Waals surface area contributed by atoms with Gasteiger partial charge in [-0.05, 0) is 53.5 Å². The zero-order chi connectivity index (χ0) is 22.0. The van der Waals surface area contributed by atoms with Gasteiger partial charge in [0, 0.05) is 15.7 Å². The first-order valence-electron chi connectivity index (χ1n) is 9.59. The monoisotopic (exact) mass is 478 g/mol. The number of hydrogen-bond acceptors (Lipinski definition) is 5. The molecule has 2 heterocycles. The van der Waals surface area contributed by atoms with Crippen molar-refractivity contribution in [2.45, 2.75) is 20.4 Å². The van der Waals surface area contributed by atoms with Crippen molar-refractivity contribution in [3.63, 3.8) is 0 Å². The summed E-state index contributed by atoms with van der Waals surface area (Å²) in [4.78, 5) is 30.3. The Morgan fingerprint density at radius 3 is 2.55 bits per heavy atom. The minimum absolute atomic E-state index is 0.126. The number of aryl methyl sites for hydroxylation is 2. The van der Waals surface area contributed by atoms with Crippen LogP contribution >= 0.6 is 15.9 Å². The molecule has 4 rings (SSSR count). The lowest BCUT2D eigenvalue weighted by Gasteiger charge is -2.13. The minimum Gasteiger partial charge on any atom is -0.333 e. The van der Waals surface area contributed by atoms with Gasteiger partial charge in [0.25, 0.3) is 11.4 Å². The second-order valence-electron chi connectivity index (χ2n) is 7.05. The second kappa shape index (κ2) is 8.69. The van der Waals surface area contributed by atoms with Crippen molar-refractivity contribution >= 4 is 27.5 Å². The number of carbonyl (C=O) groups is 1. The van der Waals surface area contributed by atoms with Gasteiger partial charge in [-0.2, -0.15) is 4.98 Å². The van der Waals surface area contributed by atoms with Crippen LogP contribution in [0.4, 0.5) is 5.69 Å². The van der Waals surface area contributed by atoms with Gasteiger partial charge in [-0.1, -0.05) is 47.6 Å². The Morgan fingerprint density at radius 1 is 1.10 bits per heavy atom. The van der Waals surface area contributed by atoms with Crippen LogP contribution in [0.3, 0.4) is 0 Å². The summed E-state index contributed by atoms with van der Waals surface area (Å²) in [6.07, 6.45) is 0. The molecule has 0 fully saturated rings. The predicted molar refractivity (Wildman–Crippen MR) is 122 cm³/mol. The summed E-state index contributed by atoms with van der Waals surface area (Å²) in [5.41, 5.74) is 2.71. The van der Waals surface area contributed by atoms with Gasteiger partial charge in [0.1, 0.15) is 12.1 Å². The van der Waals surface area contributed by atoms with Crippen LogP contribution in [0.1, 0.15) is 11.3 Å². The Bertz CT molecular complexity index is 1310. The van der Waals surface area contributed by atoms with Crippen molar-refractivity contribution in [1.82, 2.24) is 14.7 Å². The van der Waals surface area contributed by atoms with Crippen LogP contribution in [0.2, 0.25) is 0 Å². The number of anilines is 1. The third kappa shape index (κ3) is 4.34. The topological polar surface area (TPSA) is 90.0 Å². The molecule has 0 aliphatic carbocycles. The van der Waals surface area contributed by atoms with Crippen LogP contribution in [0.5, 0.6) is 0 Å². The number of carbonyl (C=O) groups excluding carboxylic acids is 1. The SMILES string of the molecule is Cc1cc(C)n(CC(=O)Nc2ccccc2Br)c(=O)c1-c1nc(-c2ccccc2)no1. The molecule has 31 heavy (non-hydrogen) atoms. The number of hydrogen-bond donors (Lipinski definition) is 1. The van der Waals surface area contributed by atoms with E-state index >= 15 is 0 Å². The highest BCUT2D eigenvalue weighted by atomic mass is 79.9. The van der Waals surface area contributed by atoms with Gasteiger partial charge in [0.15, 0.2) is 0 Å². The van der Waals surface area contributed by atoms with Gasteiger partial charge >= 0.3 is 0 Å². The zero-order valence-electron chi connectivity index (χ0n) is 16.9. The number of rotatable bonds is 5. The van der Waals surface area contributed by atoms with E-state index in [4.69, 9.17) is 4.52 Å². The molecule has 0 saturated heterocycles. The highest BCUT2D eigenvalue weighted by molar-refractivity contribution is 9.10. The lowest BCUT2D eigenvalue weighted by molar-refractivity contribution is -0.116. The van der Waals surface area contributed by atoms with E-state index in [1.54, 1.807) is 13.0 Å². The Morgan fingerprint density at radius 2 is 1.81 bits per heavy atom. The molecule has 4 aromatic rings. The van der Waals surface area contributed by atoms with E-state index in [-0.39, 0.29) is 29.5 Å². The van der Waals surface area contributed by atoms with Gasteiger partial charge < -0.3 is 14.4 Å². The Labute approximate surface area is 186 Å². The Hall–Kier alpha value is -3.52. The molecule has 2 aromatic heterocycles. The van der Waals surface area contributed by atoms with Crippen LogP contribution in [0.15, 0.2) is 74.5 Å². The molecule has 156 valence electrons. The second-order valence-corrected chi connectivity index (χ2v) is 7.91. The van der Waals surface area contributed by atoms with E-state index in [0.29, 0.717) is 22.8 Å². The molecule has 2 aromatic carbocycles. The fourth-order valence-corrected chi connectivity index (χ4v) is 3.69. The quantitative estimate of drug-likeness (QED) is 0.453. The van der Waals surface area contributed by atoms with Gasteiger partial charge in [0.2, 0.25) is 11.7 Å². The van der Waals surface area contributed by atoms with E-state index in [9.17, 15) is 9.59 Å². The maximum absolute atomic E-state index is 13.3. The molecular formula is C23H19BrN4O3. The average molecular weight is 479 g/mol. The molecule has 0 unspecified atom stereocenters. The van der Waals surface area contributed by atoms with Crippen molar-refractivity contribution < 1.29 is 9.32 Å². The zero-order valence-corrected chi connectivity index (χ0v) is 18.5. The highest BCUT2D eigenvalue weighted by Crippen LogP contribution is 2.23. The van der Waals surface area contributed by atoms with Crippen molar-refractivity contribution in [2.24, 2.45) is 0 Å². The van der Waals surface area contributed by atoms with Gasteiger partial charge in [0.05, 0.1) is 5.69 Å². The Kier molecular flexibility index (Phi) is 5.81. The summed E-state index contributed by atoms with van der Waals surface area (Å²) >= 11 is 3.40. The number of amides is 1. The molecule has 0 radical (unpaired) electrons. The molecule has 0 spiro atoms. The fraction of sp³-hybridized carbons (Fsp3) is 0.130. The number of pyridine rings is 1. The minimum atomic E-state index is -0.358. The predicted octanol–water partition coefficient (Wildman–Crippen LogP) is 4.58. The number of benzene rings is 2. The number of nitrogens with zero attached hydrogens (tertiary/aromatic N) is 3.